The van der Waals surface area contributed by atoms with E-state index in [1.165, 1.54) is 19.3 Å². The number of halogens is 2. The number of aromatic nitrogens is 2. The molecular formula is C11H14BrIN2O. The summed E-state index contributed by atoms with van der Waals surface area (Å²) in [6.45, 7) is 0.888. The molecule has 3 nitrogen and oxygen atoms in total. The van der Waals surface area contributed by atoms with Crippen LogP contribution in [0.3, 0.4) is 0 Å². The zero-order valence-corrected chi connectivity index (χ0v) is 12.7. The number of nitrogens with zero attached hydrogens (tertiary/aromatic N) is 2. The molecule has 0 radical (unpaired) electrons. The molecule has 1 aromatic heterocycles. The number of rotatable bonds is 1. The van der Waals surface area contributed by atoms with E-state index >= 15 is 0 Å². The summed E-state index contributed by atoms with van der Waals surface area (Å²) in [5.74, 6) is 0. The van der Waals surface area contributed by atoms with Crippen molar-refractivity contribution in [3.8, 4) is 0 Å². The van der Waals surface area contributed by atoms with Crippen LogP contribution in [0.15, 0.2) is 10.7 Å². The van der Waals surface area contributed by atoms with Gasteiger partial charge in [0.05, 0.1) is 16.1 Å². The molecule has 2 aliphatic rings. The van der Waals surface area contributed by atoms with Crippen LogP contribution in [-0.2, 0) is 4.74 Å². The molecule has 3 rings (SSSR count). The van der Waals surface area contributed by atoms with Crippen LogP contribution in [0.2, 0.25) is 0 Å². The van der Waals surface area contributed by atoms with Crippen molar-refractivity contribution in [2.75, 3.05) is 6.61 Å². The first-order chi connectivity index (χ1) is 7.69. The van der Waals surface area contributed by atoms with E-state index in [1.54, 1.807) is 0 Å². The zero-order valence-electron chi connectivity index (χ0n) is 8.96. The molecule has 0 N–H and O–H groups in total. The van der Waals surface area contributed by atoms with Crippen molar-refractivity contribution in [3.05, 3.63) is 14.4 Å². The monoisotopic (exact) mass is 396 g/mol. The Bertz CT molecular complexity index is 383. The molecule has 1 atom stereocenters. The van der Waals surface area contributed by atoms with Crippen LogP contribution < -0.4 is 0 Å². The second kappa shape index (κ2) is 4.24. The van der Waals surface area contributed by atoms with Crippen molar-refractivity contribution in [1.82, 2.24) is 9.78 Å². The Morgan fingerprint density at radius 2 is 2.38 bits per heavy atom. The highest BCUT2D eigenvalue weighted by Gasteiger charge is 2.43. The first-order valence-corrected chi connectivity index (χ1v) is 7.60. The van der Waals surface area contributed by atoms with Gasteiger partial charge in [0.25, 0.3) is 0 Å². The summed E-state index contributed by atoms with van der Waals surface area (Å²) in [7, 11) is 0. The number of ether oxygens (including phenoxy) is 1. The average Bonchev–Trinajstić information content (AvgIpc) is 2.57. The molecule has 0 amide bonds. The van der Waals surface area contributed by atoms with Crippen LogP contribution in [-0.4, -0.2) is 22.0 Å². The molecule has 1 spiro atoms. The van der Waals surface area contributed by atoms with Gasteiger partial charge in [-0.05, 0) is 70.6 Å². The second-order valence-electron chi connectivity index (χ2n) is 4.78. The van der Waals surface area contributed by atoms with Gasteiger partial charge in [-0.3, -0.25) is 4.68 Å². The summed E-state index contributed by atoms with van der Waals surface area (Å²) < 4.78 is 10.2. The third-order valence-corrected chi connectivity index (χ3v) is 5.87. The molecule has 1 aliphatic heterocycles. The number of hydrogen-bond acceptors (Lipinski definition) is 2. The standard InChI is InChI=1S/C11H14BrIN2O/c12-9-7-15(14-10(9)13)8-2-5-16-11(6-8)3-1-4-11/h7-8H,1-6H2. The molecule has 1 aliphatic carbocycles. The third kappa shape index (κ3) is 1.95. The van der Waals surface area contributed by atoms with Gasteiger partial charge in [0.15, 0.2) is 0 Å². The highest BCUT2D eigenvalue weighted by Crippen LogP contribution is 2.45. The fraction of sp³-hybridized carbons (Fsp3) is 0.727. The lowest BCUT2D eigenvalue weighted by Gasteiger charge is -2.47. The molecule has 16 heavy (non-hydrogen) atoms. The van der Waals surface area contributed by atoms with Crippen molar-refractivity contribution in [2.45, 2.75) is 43.7 Å². The second-order valence-corrected chi connectivity index (χ2v) is 6.66. The van der Waals surface area contributed by atoms with Gasteiger partial charge < -0.3 is 4.74 Å². The highest BCUT2D eigenvalue weighted by molar-refractivity contribution is 14.1. The molecule has 1 saturated carbocycles. The highest BCUT2D eigenvalue weighted by atomic mass is 127. The van der Waals surface area contributed by atoms with Gasteiger partial charge in [0.1, 0.15) is 3.70 Å². The molecule has 88 valence electrons. The predicted molar refractivity (Wildman–Crippen MR) is 73.4 cm³/mol. The molecule has 1 aromatic rings. The zero-order chi connectivity index (χ0) is 11.2. The lowest BCUT2D eigenvalue weighted by molar-refractivity contribution is -0.141. The normalized spacial score (nSPS) is 28.0. The van der Waals surface area contributed by atoms with E-state index in [-0.39, 0.29) is 5.60 Å². The Kier molecular flexibility index (Phi) is 3.04. The molecule has 1 unspecified atom stereocenters. The summed E-state index contributed by atoms with van der Waals surface area (Å²) in [5.41, 5.74) is 0.201. The lowest BCUT2D eigenvalue weighted by Crippen LogP contribution is -2.46. The molecule has 2 heterocycles. The summed E-state index contributed by atoms with van der Waals surface area (Å²) in [6.07, 6.45) is 8.13. The maximum absolute atomic E-state index is 5.94. The van der Waals surface area contributed by atoms with Crippen LogP contribution in [0, 0.1) is 3.70 Å². The van der Waals surface area contributed by atoms with Gasteiger partial charge in [0.2, 0.25) is 0 Å². The summed E-state index contributed by atoms with van der Waals surface area (Å²) in [4.78, 5) is 0. The largest absolute Gasteiger partial charge is 0.375 e. The van der Waals surface area contributed by atoms with E-state index in [0.29, 0.717) is 6.04 Å². The smallest absolute Gasteiger partial charge is 0.137 e. The van der Waals surface area contributed by atoms with Crippen molar-refractivity contribution < 1.29 is 4.74 Å². The van der Waals surface area contributed by atoms with Gasteiger partial charge >= 0.3 is 0 Å². The van der Waals surface area contributed by atoms with Crippen LogP contribution >= 0.6 is 38.5 Å². The van der Waals surface area contributed by atoms with E-state index in [4.69, 9.17) is 4.74 Å². The number of hydrogen-bond donors (Lipinski definition) is 0. The molecule has 1 saturated heterocycles. The summed E-state index contributed by atoms with van der Waals surface area (Å²) >= 11 is 5.78. The third-order valence-electron chi connectivity index (χ3n) is 3.75. The van der Waals surface area contributed by atoms with E-state index in [1.807, 2.05) is 0 Å². The van der Waals surface area contributed by atoms with Gasteiger partial charge in [-0.1, -0.05) is 0 Å². The molecular weight excluding hydrogens is 383 g/mol. The quantitative estimate of drug-likeness (QED) is 0.679. The predicted octanol–water partition coefficient (Wildman–Crippen LogP) is 3.52. The first-order valence-electron chi connectivity index (χ1n) is 5.73. The minimum absolute atomic E-state index is 0.201. The Morgan fingerprint density at radius 3 is 2.94 bits per heavy atom. The summed E-state index contributed by atoms with van der Waals surface area (Å²) in [6, 6.07) is 0.522. The Hall–Kier alpha value is 0.380. The van der Waals surface area contributed by atoms with Gasteiger partial charge in [-0.15, -0.1) is 0 Å². The van der Waals surface area contributed by atoms with Crippen LogP contribution in [0.5, 0.6) is 0 Å². The maximum atomic E-state index is 5.94. The minimum atomic E-state index is 0.201. The Labute approximate surface area is 117 Å². The topological polar surface area (TPSA) is 27.1 Å². The fourth-order valence-electron chi connectivity index (χ4n) is 2.68. The van der Waals surface area contributed by atoms with Gasteiger partial charge in [-0.25, -0.2) is 0 Å². The average molecular weight is 397 g/mol. The molecule has 0 aromatic carbocycles. The van der Waals surface area contributed by atoms with Crippen LogP contribution in [0.4, 0.5) is 0 Å². The molecule has 0 bridgehead atoms. The Morgan fingerprint density at radius 1 is 1.56 bits per heavy atom. The van der Waals surface area contributed by atoms with Crippen molar-refractivity contribution in [1.29, 1.82) is 0 Å². The van der Waals surface area contributed by atoms with Crippen molar-refractivity contribution in [3.63, 3.8) is 0 Å². The first kappa shape index (κ1) is 11.5. The minimum Gasteiger partial charge on any atom is -0.375 e. The van der Waals surface area contributed by atoms with Gasteiger partial charge in [-0.2, -0.15) is 5.10 Å². The van der Waals surface area contributed by atoms with Crippen molar-refractivity contribution >= 4 is 38.5 Å². The van der Waals surface area contributed by atoms with Crippen LogP contribution in [0.1, 0.15) is 38.1 Å². The SMILES string of the molecule is Brc1cn(C2CCOC3(CCC3)C2)nc1I. The lowest BCUT2D eigenvalue weighted by atomic mass is 9.74. The van der Waals surface area contributed by atoms with E-state index < -0.39 is 0 Å². The maximum Gasteiger partial charge on any atom is 0.137 e. The van der Waals surface area contributed by atoms with Crippen LogP contribution in [0.25, 0.3) is 0 Å². The van der Waals surface area contributed by atoms with Gasteiger partial charge in [0, 0.05) is 12.8 Å². The van der Waals surface area contributed by atoms with E-state index in [0.717, 1.165) is 27.6 Å². The van der Waals surface area contributed by atoms with E-state index in [2.05, 4.69) is 54.5 Å². The Balaban J connectivity index is 1.79. The van der Waals surface area contributed by atoms with Crippen molar-refractivity contribution in [2.24, 2.45) is 0 Å². The molecule has 5 heteroatoms. The molecule has 2 fully saturated rings. The summed E-state index contributed by atoms with van der Waals surface area (Å²) in [5, 5.41) is 4.56. The fourth-order valence-corrected chi connectivity index (χ4v) is 3.36. The van der Waals surface area contributed by atoms with E-state index in [9.17, 15) is 0 Å².